The largest absolute Gasteiger partial charge is 0.478 e. The lowest BCUT2D eigenvalue weighted by Crippen LogP contribution is -2.01. The van der Waals surface area contributed by atoms with Crippen LogP contribution in [-0.2, 0) is 4.79 Å². The van der Waals surface area contributed by atoms with Crippen molar-refractivity contribution in [1.82, 2.24) is 0 Å². The van der Waals surface area contributed by atoms with Gasteiger partial charge >= 0.3 is 5.97 Å². The van der Waals surface area contributed by atoms with Gasteiger partial charge in [0.05, 0.1) is 5.57 Å². The Bertz CT molecular complexity index is 304. The molecule has 12 heavy (non-hydrogen) atoms. The zero-order valence-corrected chi connectivity index (χ0v) is 6.40. The molecule has 0 saturated carbocycles. The minimum absolute atomic E-state index is 0.121. The van der Waals surface area contributed by atoms with Crippen LogP contribution in [0.4, 0.5) is 0 Å². The summed E-state index contributed by atoms with van der Waals surface area (Å²) in [5, 5.41) is 8.68. The molecule has 0 unspecified atom stereocenters. The Morgan fingerprint density at radius 1 is 1.33 bits per heavy atom. The van der Waals surface area contributed by atoms with Gasteiger partial charge in [0.25, 0.3) is 0 Å². The van der Waals surface area contributed by atoms with Crippen molar-refractivity contribution >= 4 is 11.5 Å². The molecule has 0 atom stereocenters. The fourth-order valence-electron chi connectivity index (χ4n) is 0.909. The molecular formula is C9H9NO2. The van der Waals surface area contributed by atoms with Crippen LogP contribution in [0.1, 0.15) is 5.56 Å². The molecule has 0 aromatic heterocycles. The van der Waals surface area contributed by atoms with Crippen LogP contribution in [0.2, 0.25) is 0 Å². The smallest absolute Gasteiger partial charge is 0.337 e. The van der Waals surface area contributed by atoms with Crippen LogP contribution in [0.5, 0.6) is 0 Å². The number of nitrogens with two attached hydrogens (primary N) is 1. The molecule has 0 saturated heterocycles. The van der Waals surface area contributed by atoms with Crippen LogP contribution in [0.15, 0.2) is 36.5 Å². The van der Waals surface area contributed by atoms with Crippen molar-refractivity contribution in [3.8, 4) is 0 Å². The van der Waals surface area contributed by atoms with Gasteiger partial charge in [-0.05, 0) is 5.56 Å². The molecule has 3 nitrogen and oxygen atoms in total. The maximum atomic E-state index is 10.6. The summed E-state index contributed by atoms with van der Waals surface area (Å²) in [6.07, 6.45) is 1.09. The van der Waals surface area contributed by atoms with Crippen molar-refractivity contribution in [1.29, 1.82) is 0 Å². The number of carboxylic acids is 1. The first-order chi connectivity index (χ1) is 5.75. The summed E-state index contributed by atoms with van der Waals surface area (Å²) < 4.78 is 0. The predicted octanol–water partition coefficient (Wildman–Crippen LogP) is 1.07. The Kier molecular flexibility index (Phi) is 2.48. The molecule has 0 radical (unpaired) electrons. The molecule has 62 valence electrons. The topological polar surface area (TPSA) is 63.3 Å². The average molecular weight is 163 g/mol. The van der Waals surface area contributed by atoms with E-state index in [1.165, 1.54) is 0 Å². The summed E-state index contributed by atoms with van der Waals surface area (Å²) in [5.74, 6) is -1.01. The molecule has 1 rings (SSSR count). The zero-order chi connectivity index (χ0) is 8.97. The van der Waals surface area contributed by atoms with Crippen molar-refractivity contribution in [2.75, 3.05) is 0 Å². The average Bonchev–Trinajstić information content (AvgIpc) is 2.07. The lowest BCUT2D eigenvalue weighted by atomic mass is 10.1. The maximum Gasteiger partial charge on any atom is 0.337 e. The van der Waals surface area contributed by atoms with E-state index in [9.17, 15) is 4.79 Å². The van der Waals surface area contributed by atoms with E-state index in [1.54, 1.807) is 24.3 Å². The summed E-state index contributed by atoms with van der Waals surface area (Å²) in [7, 11) is 0. The van der Waals surface area contributed by atoms with Crippen molar-refractivity contribution in [2.45, 2.75) is 0 Å². The monoisotopic (exact) mass is 163 g/mol. The molecule has 3 N–H and O–H groups in total. The molecule has 0 aliphatic heterocycles. The molecule has 0 aliphatic carbocycles. The minimum atomic E-state index is -1.01. The number of carbonyl (C=O) groups is 1. The Balaban J connectivity index is 3.05. The second kappa shape index (κ2) is 3.57. The standard InChI is InChI=1S/C9H9NO2/c10-6-8(9(11)12)7-4-2-1-3-5-7/h1-6H,10H2,(H,11,12)/b8-6+. The number of carboxylic acid groups (broad SMARTS) is 1. The van der Waals surface area contributed by atoms with Gasteiger partial charge < -0.3 is 10.8 Å². The highest BCUT2D eigenvalue weighted by Gasteiger charge is 2.07. The molecule has 0 bridgehead atoms. The third-order valence-corrected chi connectivity index (χ3v) is 1.48. The molecule has 3 heteroatoms. The van der Waals surface area contributed by atoms with E-state index in [1.807, 2.05) is 6.07 Å². The lowest BCUT2D eigenvalue weighted by molar-refractivity contribution is -0.130. The van der Waals surface area contributed by atoms with Crippen LogP contribution >= 0.6 is 0 Å². The Morgan fingerprint density at radius 2 is 1.92 bits per heavy atom. The van der Waals surface area contributed by atoms with Gasteiger partial charge in [0.2, 0.25) is 0 Å². The van der Waals surface area contributed by atoms with Crippen LogP contribution in [-0.4, -0.2) is 11.1 Å². The van der Waals surface area contributed by atoms with Crippen molar-refractivity contribution in [2.24, 2.45) is 5.73 Å². The first-order valence-corrected chi connectivity index (χ1v) is 3.46. The fourth-order valence-corrected chi connectivity index (χ4v) is 0.909. The van der Waals surface area contributed by atoms with Gasteiger partial charge in [0.15, 0.2) is 0 Å². The highest BCUT2D eigenvalue weighted by molar-refractivity contribution is 6.15. The molecule has 0 aliphatic rings. The van der Waals surface area contributed by atoms with Crippen molar-refractivity contribution < 1.29 is 9.90 Å². The molecule has 0 heterocycles. The molecular weight excluding hydrogens is 154 g/mol. The fraction of sp³-hybridized carbons (Fsp3) is 0. The minimum Gasteiger partial charge on any atom is -0.478 e. The van der Waals surface area contributed by atoms with Gasteiger partial charge in [-0.2, -0.15) is 0 Å². The van der Waals surface area contributed by atoms with Gasteiger partial charge in [-0.25, -0.2) is 4.79 Å². The number of aliphatic carboxylic acids is 1. The third-order valence-electron chi connectivity index (χ3n) is 1.48. The first kappa shape index (κ1) is 8.33. The summed E-state index contributed by atoms with van der Waals surface area (Å²) in [4.78, 5) is 10.6. The second-order valence-corrected chi connectivity index (χ2v) is 2.25. The Hall–Kier alpha value is -1.77. The summed E-state index contributed by atoms with van der Waals surface area (Å²) >= 11 is 0. The lowest BCUT2D eigenvalue weighted by Gasteiger charge is -1.99. The molecule has 0 amide bonds. The van der Waals surface area contributed by atoms with E-state index in [0.29, 0.717) is 5.56 Å². The van der Waals surface area contributed by atoms with Gasteiger partial charge in [-0.3, -0.25) is 0 Å². The van der Waals surface area contributed by atoms with Crippen LogP contribution in [0.25, 0.3) is 5.57 Å². The van der Waals surface area contributed by atoms with Crippen LogP contribution in [0, 0.1) is 0 Å². The highest BCUT2D eigenvalue weighted by atomic mass is 16.4. The number of benzene rings is 1. The van der Waals surface area contributed by atoms with E-state index in [2.05, 4.69) is 0 Å². The second-order valence-electron chi connectivity index (χ2n) is 2.25. The summed E-state index contributed by atoms with van der Waals surface area (Å²) in [6.45, 7) is 0. The van der Waals surface area contributed by atoms with E-state index >= 15 is 0 Å². The molecule has 1 aromatic carbocycles. The van der Waals surface area contributed by atoms with Gasteiger partial charge in [-0.1, -0.05) is 30.3 Å². The van der Waals surface area contributed by atoms with Crippen LogP contribution in [0.3, 0.4) is 0 Å². The molecule has 0 fully saturated rings. The summed E-state index contributed by atoms with van der Waals surface area (Å²) in [6, 6.07) is 8.75. The third kappa shape index (κ3) is 1.63. The first-order valence-electron chi connectivity index (χ1n) is 3.46. The predicted molar refractivity (Wildman–Crippen MR) is 46.2 cm³/mol. The highest BCUT2D eigenvalue weighted by Crippen LogP contribution is 2.11. The van der Waals surface area contributed by atoms with Gasteiger partial charge in [0, 0.05) is 6.20 Å². The number of hydrogen-bond donors (Lipinski definition) is 2. The van der Waals surface area contributed by atoms with Crippen molar-refractivity contribution in [3.05, 3.63) is 42.1 Å². The number of hydrogen-bond acceptors (Lipinski definition) is 2. The van der Waals surface area contributed by atoms with Gasteiger partial charge in [-0.15, -0.1) is 0 Å². The van der Waals surface area contributed by atoms with E-state index in [-0.39, 0.29) is 5.57 Å². The van der Waals surface area contributed by atoms with Gasteiger partial charge in [0.1, 0.15) is 0 Å². The SMILES string of the molecule is N/C=C(/C(=O)O)c1ccccc1. The van der Waals surface area contributed by atoms with Crippen molar-refractivity contribution in [3.63, 3.8) is 0 Å². The van der Waals surface area contributed by atoms with E-state index < -0.39 is 5.97 Å². The zero-order valence-electron chi connectivity index (χ0n) is 6.40. The normalized spacial score (nSPS) is 11.2. The maximum absolute atomic E-state index is 10.6. The van der Waals surface area contributed by atoms with Crippen LogP contribution < -0.4 is 5.73 Å². The van der Waals surface area contributed by atoms with E-state index in [4.69, 9.17) is 10.8 Å². The van der Waals surface area contributed by atoms with E-state index in [0.717, 1.165) is 6.20 Å². The molecule has 1 aromatic rings. The Labute approximate surface area is 70.1 Å². The summed E-state index contributed by atoms with van der Waals surface area (Å²) in [5.41, 5.74) is 5.90. The number of rotatable bonds is 2. The molecule has 0 spiro atoms. The Morgan fingerprint density at radius 3 is 2.33 bits per heavy atom. The quantitative estimate of drug-likeness (QED) is 0.641.